The van der Waals surface area contributed by atoms with Crippen LogP contribution in [0, 0.1) is 17.2 Å². The predicted molar refractivity (Wildman–Crippen MR) is 78.0 cm³/mol. The highest BCUT2D eigenvalue weighted by atomic mass is 35.5. The second-order valence-corrected chi connectivity index (χ2v) is 6.58. The van der Waals surface area contributed by atoms with Crippen molar-refractivity contribution in [2.75, 3.05) is 25.5 Å². The lowest BCUT2D eigenvalue weighted by molar-refractivity contribution is 0.399. The number of nitriles is 1. The highest BCUT2D eigenvalue weighted by Crippen LogP contribution is 2.24. The second-order valence-electron chi connectivity index (χ2n) is 4.24. The Balaban J connectivity index is 3.14. The lowest BCUT2D eigenvalue weighted by atomic mass is 10.2. The van der Waals surface area contributed by atoms with Gasteiger partial charge in [0.1, 0.15) is 10.7 Å². The number of nitrogens with zero attached hydrogens (tertiary/aromatic N) is 3. The molecule has 0 aliphatic heterocycles. The smallest absolute Gasteiger partial charge is 0.244 e. The van der Waals surface area contributed by atoms with Crippen molar-refractivity contribution in [3.63, 3.8) is 0 Å². The molecular weight excluding hydrogens is 300 g/mol. The monoisotopic (exact) mass is 316 g/mol. The molecule has 8 heteroatoms. The summed E-state index contributed by atoms with van der Waals surface area (Å²) in [5.74, 6) is 0.0313. The van der Waals surface area contributed by atoms with Crippen molar-refractivity contribution < 1.29 is 8.42 Å². The molecule has 0 amide bonds. The minimum atomic E-state index is -3.70. The van der Waals surface area contributed by atoms with Crippen LogP contribution >= 0.6 is 11.6 Å². The summed E-state index contributed by atoms with van der Waals surface area (Å²) in [5.41, 5.74) is 0. The van der Waals surface area contributed by atoms with Gasteiger partial charge in [-0.2, -0.15) is 9.57 Å². The maximum absolute atomic E-state index is 12.5. The Hall–Kier alpha value is -1.36. The molecule has 0 saturated carbocycles. The molecule has 1 unspecified atom stereocenters. The minimum Gasteiger partial charge on any atom is -0.372 e. The first-order valence-electron chi connectivity index (χ1n) is 6.09. The zero-order valence-corrected chi connectivity index (χ0v) is 13.2. The van der Waals surface area contributed by atoms with E-state index in [0.29, 0.717) is 5.82 Å². The van der Waals surface area contributed by atoms with Gasteiger partial charge in [-0.3, -0.25) is 0 Å². The molecule has 1 atom stereocenters. The summed E-state index contributed by atoms with van der Waals surface area (Å²) in [4.78, 5) is 3.99. The predicted octanol–water partition coefficient (Wildman–Crippen LogP) is 1.95. The van der Waals surface area contributed by atoms with Crippen molar-refractivity contribution in [1.29, 1.82) is 5.26 Å². The van der Waals surface area contributed by atoms with Crippen molar-refractivity contribution in [3.8, 4) is 6.07 Å². The van der Waals surface area contributed by atoms with Gasteiger partial charge in [0, 0.05) is 26.3 Å². The zero-order valence-electron chi connectivity index (χ0n) is 11.6. The third kappa shape index (κ3) is 3.60. The number of hydrogen-bond acceptors (Lipinski definition) is 5. The third-order valence-electron chi connectivity index (χ3n) is 2.74. The fourth-order valence-corrected chi connectivity index (χ4v) is 3.47. The van der Waals surface area contributed by atoms with Crippen LogP contribution in [0.15, 0.2) is 17.2 Å². The van der Waals surface area contributed by atoms with Crippen molar-refractivity contribution in [3.05, 3.63) is 17.3 Å². The zero-order chi connectivity index (χ0) is 15.3. The Bertz CT molecular complexity index is 612. The summed E-state index contributed by atoms with van der Waals surface area (Å²) in [7, 11) is -2.05. The first-order chi connectivity index (χ1) is 9.36. The number of halogens is 1. The molecule has 6 nitrogen and oxygen atoms in total. The summed E-state index contributed by atoms with van der Waals surface area (Å²) in [5, 5.41) is 11.8. The van der Waals surface area contributed by atoms with Gasteiger partial charge in [0.15, 0.2) is 0 Å². The molecule has 1 aromatic rings. The van der Waals surface area contributed by atoms with Crippen LogP contribution in [0.3, 0.4) is 0 Å². The normalized spacial score (nSPS) is 13.0. The van der Waals surface area contributed by atoms with Gasteiger partial charge < -0.3 is 5.32 Å². The first kappa shape index (κ1) is 16.7. The molecule has 0 aromatic carbocycles. The summed E-state index contributed by atoms with van der Waals surface area (Å²) < 4.78 is 26.2. The number of nitrogens with one attached hydrogen (secondary N) is 1. The van der Waals surface area contributed by atoms with Gasteiger partial charge >= 0.3 is 0 Å². The van der Waals surface area contributed by atoms with E-state index in [2.05, 4.69) is 10.3 Å². The van der Waals surface area contributed by atoms with Crippen LogP contribution in [0.25, 0.3) is 0 Å². The van der Waals surface area contributed by atoms with E-state index < -0.39 is 10.0 Å². The van der Waals surface area contributed by atoms with Crippen LogP contribution in [0.2, 0.25) is 5.02 Å². The van der Waals surface area contributed by atoms with E-state index in [-0.39, 0.29) is 28.9 Å². The Labute approximate surface area is 124 Å². The summed E-state index contributed by atoms with van der Waals surface area (Å²) >= 11 is 5.96. The Kier molecular flexibility index (Phi) is 5.74. The van der Waals surface area contributed by atoms with Crippen LogP contribution in [-0.4, -0.2) is 37.8 Å². The maximum Gasteiger partial charge on any atom is 0.244 e. The molecule has 0 bridgehead atoms. The SMILES string of the molecule is CCN(CC(C)C#N)S(=O)(=O)c1cnc(NC)c(Cl)c1. The van der Waals surface area contributed by atoms with Crippen LogP contribution in [0.5, 0.6) is 0 Å². The highest BCUT2D eigenvalue weighted by Gasteiger charge is 2.25. The molecule has 0 spiro atoms. The van der Waals surface area contributed by atoms with Crippen molar-refractivity contribution in [2.24, 2.45) is 5.92 Å². The van der Waals surface area contributed by atoms with E-state index >= 15 is 0 Å². The van der Waals surface area contributed by atoms with Crippen LogP contribution in [-0.2, 0) is 10.0 Å². The number of hydrogen-bond donors (Lipinski definition) is 1. The van der Waals surface area contributed by atoms with E-state index in [1.165, 1.54) is 16.6 Å². The largest absolute Gasteiger partial charge is 0.372 e. The molecule has 1 rings (SSSR count). The van der Waals surface area contributed by atoms with Crippen molar-refractivity contribution in [2.45, 2.75) is 18.7 Å². The van der Waals surface area contributed by atoms with E-state index in [4.69, 9.17) is 16.9 Å². The number of anilines is 1. The fraction of sp³-hybridized carbons (Fsp3) is 0.500. The van der Waals surface area contributed by atoms with Crippen LogP contribution in [0.1, 0.15) is 13.8 Å². The topological polar surface area (TPSA) is 86.1 Å². The lowest BCUT2D eigenvalue weighted by Gasteiger charge is -2.21. The average molecular weight is 317 g/mol. The molecule has 0 saturated heterocycles. The summed E-state index contributed by atoms with van der Waals surface area (Å²) in [6.07, 6.45) is 1.26. The molecule has 0 aliphatic carbocycles. The van der Waals surface area contributed by atoms with Crippen LogP contribution in [0.4, 0.5) is 5.82 Å². The summed E-state index contributed by atoms with van der Waals surface area (Å²) in [6.45, 7) is 3.81. The van der Waals surface area contributed by atoms with Gasteiger partial charge in [0.05, 0.1) is 17.0 Å². The molecule has 0 fully saturated rings. The van der Waals surface area contributed by atoms with E-state index in [1.54, 1.807) is 20.9 Å². The van der Waals surface area contributed by atoms with E-state index in [1.807, 2.05) is 6.07 Å². The maximum atomic E-state index is 12.5. The molecule has 1 aromatic heterocycles. The molecule has 20 heavy (non-hydrogen) atoms. The van der Waals surface area contributed by atoms with Crippen molar-refractivity contribution in [1.82, 2.24) is 9.29 Å². The molecule has 0 aliphatic rings. The van der Waals surface area contributed by atoms with Gasteiger partial charge in [-0.05, 0) is 13.0 Å². The molecule has 1 heterocycles. The van der Waals surface area contributed by atoms with Gasteiger partial charge in [0.25, 0.3) is 0 Å². The summed E-state index contributed by atoms with van der Waals surface area (Å²) in [6, 6.07) is 3.38. The van der Waals surface area contributed by atoms with Gasteiger partial charge in [-0.25, -0.2) is 13.4 Å². The van der Waals surface area contributed by atoms with Gasteiger partial charge in [-0.15, -0.1) is 0 Å². The third-order valence-corrected chi connectivity index (χ3v) is 4.94. The molecular formula is C12H17ClN4O2S. The van der Waals surface area contributed by atoms with Crippen LogP contribution < -0.4 is 5.32 Å². The van der Waals surface area contributed by atoms with Gasteiger partial charge in [-0.1, -0.05) is 18.5 Å². The average Bonchev–Trinajstić information content (AvgIpc) is 2.43. The fourth-order valence-electron chi connectivity index (χ4n) is 1.64. The van der Waals surface area contributed by atoms with E-state index in [0.717, 1.165) is 0 Å². The first-order valence-corrected chi connectivity index (χ1v) is 7.91. The van der Waals surface area contributed by atoms with E-state index in [9.17, 15) is 8.42 Å². The lowest BCUT2D eigenvalue weighted by Crippen LogP contribution is -2.34. The Morgan fingerprint density at radius 1 is 1.60 bits per heavy atom. The number of pyridine rings is 1. The number of rotatable bonds is 6. The Morgan fingerprint density at radius 3 is 2.70 bits per heavy atom. The molecule has 110 valence electrons. The number of aromatic nitrogens is 1. The quantitative estimate of drug-likeness (QED) is 0.866. The van der Waals surface area contributed by atoms with Crippen molar-refractivity contribution >= 4 is 27.4 Å². The highest BCUT2D eigenvalue weighted by molar-refractivity contribution is 7.89. The minimum absolute atomic E-state index is 0.0217. The molecule has 0 radical (unpaired) electrons. The van der Waals surface area contributed by atoms with Gasteiger partial charge in [0.2, 0.25) is 10.0 Å². The standard InChI is InChI=1S/C12H17ClN4O2S/c1-4-17(8-9(2)6-14)20(18,19)10-5-11(13)12(15-3)16-7-10/h5,7,9H,4,8H2,1-3H3,(H,15,16). The second kappa shape index (κ2) is 6.88. The number of sulfonamides is 1. The Morgan fingerprint density at radius 2 is 2.25 bits per heavy atom. The molecule has 1 N–H and O–H groups in total.